The highest BCUT2D eigenvalue weighted by Gasteiger charge is 2.39. The topological polar surface area (TPSA) is 71.1 Å². The van der Waals surface area contributed by atoms with Crippen LogP contribution in [0.5, 0.6) is 0 Å². The molecule has 6 nitrogen and oxygen atoms in total. The number of Topliss-reactive ketones (excluding diaryl/α,β-unsaturated/α-hetero) is 2. The van der Waals surface area contributed by atoms with Crippen molar-refractivity contribution in [2.24, 2.45) is 0 Å². The Kier molecular flexibility index (Phi) is 4.76. The summed E-state index contributed by atoms with van der Waals surface area (Å²) in [7, 11) is 0. The summed E-state index contributed by atoms with van der Waals surface area (Å²) >= 11 is 0. The minimum atomic E-state index is -0.659. The van der Waals surface area contributed by atoms with Crippen LogP contribution in [0.1, 0.15) is 24.8 Å². The fraction of sp³-hybridized carbons (Fsp3) is 0.474. The van der Waals surface area contributed by atoms with Crippen molar-refractivity contribution in [3.63, 3.8) is 0 Å². The van der Waals surface area contributed by atoms with Crippen LogP contribution in [-0.4, -0.2) is 49.6 Å². The Bertz CT molecular complexity index is 682. The molecule has 0 spiro atoms. The van der Waals surface area contributed by atoms with Crippen LogP contribution in [0.2, 0.25) is 0 Å². The van der Waals surface area contributed by atoms with Crippen molar-refractivity contribution >= 4 is 17.6 Å². The largest absolute Gasteiger partial charge is 0.343 e. The number of carbonyl (C=O) groups is 2. The maximum atomic E-state index is 11.9. The first kappa shape index (κ1) is 16.6. The first-order valence-electron chi connectivity index (χ1n) is 8.56. The highest BCUT2D eigenvalue weighted by Crippen LogP contribution is 2.29. The van der Waals surface area contributed by atoms with Crippen molar-refractivity contribution in [3.8, 4) is 0 Å². The molecule has 4 bridgehead atoms. The van der Waals surface area contributed by atoms with Crippen LogP contribution >= 0.6 is 0 Å². The van der Waals surface area contributed by atoms with Gasteiger partial charge in [0.25, 0.3) is 0 Å². The molecule has 0 aliphatic carbocycles. The molecule has 0 N–H and O–H groups in total. The number of ketones is 2. The maximum Gasteiger partial charge on any atom is 0.222 e. The first-order valence-corrected chi connectivity index (χ1v) is 8.56. The van der Waals surface area contributed by atoms with E-state index in [1.165, 1.54) is 0 Å². The van der Waals surface area contributed by atoms with Gasteiger partial charge in [-0.05, 0) is 18.1 Å². The average molecular weight is 344 g/mol. The molecule has 4 fully saturated rings. The lowest BCUT2D eigenvalue weighted by Crippen LogP contribution is -2.30. The molecule has 5 rings (SSSR count). The Morgan fingerprint density at radius 1 is 0.920 bits per heavy atom. The van der Waals surface area contributed by atoms with Gasteiger partial charge in [-0.25, -0.2) is 0 Å². The normalized spacial score (nSPS) is 34.8. The molecular weight excluding hydrogens is 324 g/mol. The van der Waals surface area contributed by atoms with Gasteiger partial charge in [-0.3, -0.25) is 9.59 Å². The van der Waals surface area contributed by atoms with E-state index in [1.54, 1.807) is 0 Å². The third kappa shape index (κ3) is 3.72. The molecule has 4 atom stereocenters. The first-order chi connectivity index (χ1) is 12.2. The monoisotopic (exact) mass is 344 g/mol. The molecule has 1 aromatic carbocycles. The summed E-state index contributed by atoms with van der Waals surface area (Å²) in [6, 6.07) is 9.85. The Morgan fingerprint density at radius 3 is 2.44 bits per heavy atom. The van der Waals surface area contributed by atoms with Gasteiger partial charge in [0.2, 0.25) is 18.4 Å². The minimum Gasteiger partial charge on any atom is -0.343 e. The van der Waals surface area contributed by atoms with Gasteiger partial charge in [-0.15, -0.1) is 0 Å². The van der Waals surface area contributed by atoms with Crippen molar-refractivity contribution in [1.82, 2.24) is 0 Å². The number of rotatable bonds is 1. The maximum absolute atomic E-state index is 11.9. The lowest BCUT2D eigenvalue weighted by Gasteiger charge is -2.19. The molecule has 0 amide bonds. The summed E-state index contributed by atoms with van der Waals surface area (Å²) in [5, 5.41) is 0. The molecule has 0 radical (unpaired) electrons. The van der Waals surface area contributed by atoms with Crippen LogP contribution < -0.4 is 0 Å². The van der Waals surface area contributed by atoms with E-state index >= 15 is 0 Å². The lowest BCUT2D eigenvalue weighted by atomic mass is 9.99. The summed E-state index contributed by atoms with van der Waals surface area (Å²) in [5.74, 6) is 0.0707. The Hall–Kier alpha value is -1.86. The molecule has 0 unspecified atom stereocenters. The molecule has 4 aliphatic rings. The van der Waals surface area contributed by atoms with Crippen molar-refractivity contribution in [1.29, 1.82) is 0 Å². The standard InChI is InChI=1S/C13H12O3.C6H8O3/c14-12-10(6-9-4-2-1-3-5-9)7-11-8-15-13(12)16-11;7-5-2-1-4-3-8-6(5)9-4/h1-6,11,13H,7-8H2;4,6H,1-3H2/b10-6+;/t11-,13+;4-,6+/m00/s1. The fourth-order valence-electron chi connectivity index (χ4n) is 3.26. The van der Waals surface area contributed by atoms with Crippen LogP contribution in [0.25, 0.3) is 6.08 Å². The van der Waals surface area contributed by atoms with Gasteiger partial charge < -0.3 is 18.9 Å². The molecular formula is C19H20O6. The molecule has 0 saturated carbocycles. The van der Waals surface area contributed by atoms with Gasteiger partial charge in [0.15, 0.2) is 5.78 Å². The predicted molar refractivity (Wildman–Crippen MR) is 87.5 cm³/mol. The number of carbonyl (C=O) groups excluding carboxylic acids is 2. The Labute approximate surface area is 145 Å². The molecule has 0 aromatic heterocycles. The molecule has 6 heteroatoms. The van der Waals surface area contributed by atoms with Gasteiger partial charge in [0, 0.05) is 18.4 Å². The molecule has 1 aromatic rings. The van der Waals surface area contributed by atoms with E-state index in [9.17, 15) is 9.59 Å². The molecule has 4 heterocycles. The quantitative estimate of drug-likeness (QED) is 0.725. The summed E-state index contributed by atoms with van der Waals surface area (Å²) in [6.45, 7) is 1.14. The predicted octanol–water partition coefficient (Wildman–Crippen LogP) is 1.88. The third-order valence-corrected chi connectivity index (χ3v) is 4.59. The lowest BCUT2D eigenvalue weighted by molar-refractivity contribution is -0.152. The van der Waals surface area contributed by atoms with Crippen molar-refractivity contribution in [2.45, 2.75) is 44.1 Å². The van der Waals surface area contributed by atoms with E-state index in [0.717, 1.165) is 17.6 Å². The second kappa shape index (κ2) is 7.17. The van der Waals surface area contributed by atoms with Crippen molar-refractivity contribution in [2.75, 3.05) is 13.2 Å². The number of ether oxygens (including phenoxy) is 4. The van der Waals surface area contributed by atoms with E-state index in [0.29, 0.717) is 26.1 Å². The zero-order valence-corrected chi connectivity index (χ0v) is 13.8. The SMILES string of the molecule is O=C1/C(=C/c2ccccc2)C[C@H]2CO[C@@H]1O2.O=C1CC[C@H]2CO[C@@H]1O2. The summed E-state index contributed by atoms with van der Waals surface area (Å²) in [6.07, 6.45) is 3.15. The zero-order chi connectivity index (χ0) is 17.2. The molecule has 4 aliphatic heterocycles. The minimum absolute atomic E-state index is 0.0300. The van der Waals surface area contributed by atoms with Gasteiger partial charge in [-0.2, -0.15) is 0 Å². The number of hydrogen-bond acceptors (Lipinski definition) is 6. The highest BCUT2D eigenvalue weighted by atomic mass is 16.7. The van der Waals surface area contributed by atoms with E-state index in [4.69, 9.17) is 18.9 Å². The van der Waals surface area contributed by atoms with Crippen LogP contribution in [-0.2, 0) is 28.5 Å². The van der Waals surface area contributed by atoms with Crippen LogP contribution in [0.4, 0.5) is 0 Å². The molecule has 25 heavy (non-hydrogen) atoms. The summed E-state index contributed by atoms with van der Waals surface area (Å²) in [4.78, 5) is 22.7. The van der Waals surface area contributed by atoms with Crippen LogP contribution in [0.15, 0.2) is 35.9 Å². The second-order valence-electron chi connectivity index (χ2n) is 6.50. The number of fused-ring (bicyclic) bond motifs is 4. The molecule has 4 saturated heterocycles. The smallest absolute Gasteiger partial charge is 0.222 e. The van der Waals surface area contributed by atoms with Crippen molar-refractivity contribution < 1.29 is 28.5 Å². The van der Waals surface area contributed by atoms with Gasteiger partial charge in [-0.1, -0.05) is 30.3 Å². The van der Waals surface area contributed by atoms with E-state index in [2.05, 4.69) is 0 Å². The van der Waals surface area contributed by atoms with E-state index in [-0.39, 0.29) is 23.8 Å². The summed E-state index contributed by atoms with van der Waals surface area (Å²) < 4.78 is 20.8. The Balaban J connectivity index is 0.000000147. The zero-order valence-electron chi connectivity index (χ0n) is 13.8. The van der Waals surface area contributed by atoms with Crippen LogP contribution in [0.3, 0.4) is 0 Å². The number of benzene rings is 1. The van der Waals surface area contributed by atoms with Gasteiger partial charge >= 0.3 is 0 Å². The fourth-order valence-corrected chi connectivity index (χ4v) is 3.26. The van der Waals surface area contributed by atoms with Crippen LogP contribution in [0, 0.1) is 0 Å². The summed E-state index contributed by atoms with van der Waals surface area (Å²) in [5.41, 5.74) is 1.86. The van der Waals surface area contributed by atoms with E-state index < -0.39 is 12.6 Å². The Morgan fingerprint density at radius 2 is 1.64 bits per heavy atom. The van der Waals surface area contributed by atoms with Crippen molar-refractivity contribution in [3.05, 3.63) is 41.5 Å². The number of hydrogen-bond donors (Lipinski definition) is 0. The highest BCUT2D eigenvalue weighted by molar-refractivity contribution is 6.02. The van der Waals surface area contributed by atoms with Gasteiger partial charge in [0.05, 0.1) is 25.4 Å². The van der Waals surface area contributed by atoms with Gasteiger partial charge in [0.1, 0.15) is 0 Å². The second-order valence-corrected chi connectivity index (χ2v) is 6.50. The van der Waals surface area contributed by atoms with E-state index in [1.807, 2.05) is 36.4 Å². The molecule has 132 valence electrons. The third-order valence-electron chi connectivity index (χ3n) is 4.59. The average Bonchev–Trinajstić information content (AvgIpc) is 3.23.